The smallest absolute Gasteiger partial charge is 0.134 e. The maximum Gasteiger partial charge on any atom is 0.134 e. The van der Waals surface area contributed by atoms with E-state index in [1.54, 1.807) is 24.5 Å². The van der Waals surface area contributed by atoms with Crippen molar-refractivity contribution < 1.29 is 9.13 Å². The zero-order chi connectivity index (χ0) is 20.5. The van der Waals surface area contributed by atoms with E-state index < -0.39 is 0 Å². The topological polar surface area (TPSA) is 64.9 Å². The lowest BCUT2D eigenvalue weighted by atomic mass is 10.1. The van der Waals surface area contributed by atoms with Crippen LogP contribution in [0.25, 0.3) is 22.3 Å². The highest BCUT2D eigenvalue weighted by molar-refractivity contribution is 6.30. The van der Waals surface area contributed by atoms with Crippen LogP contribution >= 0.6 is 11.6 Å². The first kappa shape index (κ1) is 19.0. The molecule has 1 unspecified atom stereocenters. The molecule has 1 fully saturated rings. The minimum Gasteiger partial charge on any atom is -0.376 e. The van der Waals surface area contributed by atoms with Crippen molar-refractivity contribution in [2.24, 2.45) is 0 Å². The first-order valence-electron chi connectivity index (χ1n) is 9.78. The zero-order valence-corrected chi connectivity index (χ0v) is 16.8. The van der Waals surface area contributed by atoms with Crippen LogP contribution in [0.3, 0.4) is 0 Å². The van der Waals surface area contributed by atoms with Crippen molar-refractivity contribution in [2.75, 3.05) is 11.9 Å². The number of aromatic nitrogens is 4. The molecule has 0 aliphatic carbocycles. The Kier molecular flexibility index (Phi) is 5.06. The molecule has 30 heavy (non-hydrogen) atoms. The molecular formula is C22H19ClFN5O. The molecule has 4 heterocycles. The fraction of sp³-hybridized carbons (Fsp3) is 0.227. The van der Waals surface area contributed by atoms with Crippen molar-refractivity contribution in [3.05, 3.63) is 65.8 Å². The first-order chi connectivity index (χ1) is 14.7. The summed E-state index contributed by atoms with van der Waals surface area (Å²) in [7, 11) is 0. The zero-order valence-electron chi connectivity index (χ0n) is 16.1. The Morgan fingerprint density at radius 2 is 2.07 bits per heavy atom. The van der Waals surface area contributed by atoms with Crippen LogP contribution in [0.4, 0.5) is 15.8 Å². The van der Waals surface area contributed by atoms with E-state index in [1.165, 1.54) is 12.1 Å². The molecule has 0 bridgehead atoms. The van der Waals surface area contributed by atoms with E-state index in [9.17, 15) is 4.39 Å². The van der Waals surface area contributed by atoms with Crippen LogP contribution < -0.4 is 5.32 Å². The summed E-state index contributed by atoms with van der Waals surface area (Å²) in [5, 5.41) is 8.51. The largest absolute Gasteiger partial charge is 0.376 e. The predicted molar refractivity (Wildman–Crippen MR) is 114 cm³/mol. The summed E-state index contributed by atoms with van der Waals surface area (Å²) in [6, 6.07) is 9.90. The van der Waals surface area contributed by atoms with E-state index in [1.807, 2.05) is 23.0 Å². The van der Waals surface area contributed by atoms with E-state index >= 15 is 0 Å². The predicted octanol–water partition coefficient (Wildman–Crippen LogP) is 5.21. The Bertz CT molecular complexity index is 1210. The number of hydrogen-bond donors (Lipinski definition) is 1. The van der Waals surface area contributed by atoms with Gasteiger partial charge in [0.15, 0.2) is 0 Å². The highest BCUT2D eigenvalue weighted by Gasteiger charge is 2.17. The van der Waals surface area contributed by atoms with Gasteiger partial charge in [0.1, 0.15) is 16.9 Å². The van der Waals surface area contributed by atoms with Gasteiger partial charge in [-0.05, 0) is 49.2 Å². The van der Waals surface area contributed by atoms with Gasteiger partial charge in [-0.3, -0.25) is 14.6 Å². The standard InChI is InChI=1S/C22H19ClFN5O/c23-14-3-4-18(24)17(10-14)20-11-15(5-7-25-20)27-19-6-8-26-21-13-29(28-22(19)21)12-16-2-1-9-30-16/h3-8,10-11,13,16H,1-2,9,12H2,(H,25,27). The summed E-state index contributed by atoms with van der Waals surface area (Å²) in [5.41, 5.74) is 3.99. The average molecular weight is 424 g/mol. The SMILES string of the molecule is Fc1ccc(Cl)cc1-c1cc(Nc2ccnc3cn(CC4CCCO4)nc23)ccn1. The number of benzene rings is 1. The van der Waals surface area contributed by atoms with Crippen LogP contribution in [0.5, 0.6) is 0 Å². The van der Waals surface area contributed by atoms with Crippen LogP contribution in [0.15, 0.2) is 55.0 Å². The Morgan fingerprint density at radius 3 is 2.93 bits per heavy atom. The fourth-order valence-corrected chi connectivity index (χ4v) is 3.84. The van der Waals surface area contributed by atoms with Crippen molar-refractivity contribution in [1.29, 1.82) is 0 Å². The first-order valence-corrected chi connectivity index (χ1v) is 10.2. The van der Waals surface area contributed by atoms with Gasteiger partial charge in [0.2, 0.25) is 0 Å². The molecule has 152 valence electrons. The molecule has 1 saturated heterocycles. The Morgan fingerprint density at radius 1 is 1.17 bits per heavy atom. The lowest BCUT2D eigenvalue weighted by Crippen LogP contribution is -2.15. The number of anilines is 2. The molecule has 1 atom stereocenters. The quantitative estimate of drug-likeness (QED) is 0.477. The summed E-state index contributed by atoms with van der Waals surface area (Å²) in [6.07, 6.45) is 7.64. The molecule has 0 amide bonds. The Balaban J connectivity index is 1.44. The molecule has 6 nitrogen and oxygen atoms in total. The number of pyridine rings is 2. The molecular weight excluding hydrogens is 405 g/mol. The maximum absolute atomic E-state index is 14.2. The van der Waals surface area contributed by atoms with Gasteiger partial charge in [-0.25, -0.2) is 4.39 Å². The summed E-state index contributed by atoms with van der Waals surface area (Å²) < 4.78 is 21.8. The average Bonchev–Trinajstić information content (AvgIpc) is 3.40. The molecule has 4 aromatic rings. The lowest BCUT2D eigenvalue weighted by molar-refractivity contribution is 0.0942. The van der Waals surface area contributed by atoms with Crippen LogP contribution in [0.1, 0.15) is 12.8 Å². The van der Waals surface area contributed by atoms with Crippen LogP contribution in [0.2, 0.25) is 5.02 Å². The van der Waals surface area contributed by atoms with E-state index in [4.69, 9.17) is 21.4 Å². The molecule has 1 aliphatic rings. The van der Waals surface area contributed by atoms with Gasteiger partial charge in [0, 0.05) is 35.3 Å². The number of rotatable bonds is 5. The second-order valence-electron chi connectivity index (χ2n) is 7.26. The van der Waals surface area contributed by atoms with Gasteiger partial charge >= 0.3 is 0 Å². The molecule has 1 N–H and O–H groups in total. The second-order valence-corrected chi connectivity index (χ2v) is 7.69. The second kappa shape index (κ2) is 8.01. The highest BCUT2D eigenvalue weighted by Crippen LogP contribution is 2.29. The van der Waals surface area contributed by atoms with Crippen LogP contribution in [-0.4, -0.2) is 32.5 Å². The van der Waals surface area contributed by atoms with Gasteiger partial charge in [-0.2, -0.15) is 5.10 Å². The summed E-state index contributed by atoms with van der Waals surface area (Å²) >= 11 is 6.03. The van der Waals surface area contributed by atoms with Gasteiger partial charge in [0.05, 0.1) is 30.2 Å². The third-order valence-corrected chi connectivity index (χ3v) is 5.35. The summed E-state index contributed by atoms with van der Waals surface area (Å²) in [6.45, 7) is 1.53. The van der Waals surface area contributed by atoms with Gasteiger partial charge in [-0.15, -0.1) is 0 Å². The van der Waals surface area contributed by atoms with Crippen molar-refractivity contribution in [1.82, 2.24) is 19.7 Å². The van der Waals surface area contributed by atoms with E-state index in [0.717, 1.165) is 41.9 Å². The maximum atomic E-state index is 14.2. The van der Waals surface area contributed by atoms with Crippen molar-refractivity contribution >= 4 is 34.0 Å². The molecule has 0 radical (unpaired) electrons. The summed E-state index contributed by atoms with van der Waals surface area (Å²) in [5.74, 6) is -0.372. The third-order valence-electron chi connectivity index (χ3n) is 5.11. The molecule has 8 heteroatoms. The monoisotopic (exact) mass is 423 g/mol. The lowest BCUT2D eigenvalue weighted by Gasteiger charge is -2.10. The molecule has 3 aromatic heterocycles. The molecule has 0 saturated carbocycles. The Hall–Kier alpha value is -3.03. The molecule has 1 aliphatic heterocycles. The van der Waals surface area contributed by atoms with Crippen LogP contribution in [-0.2, 0) is 11.3 Å². The summed E-state index contributed by atoms with van der Waals surface area (Å²) in [4.78, 5) is 8.72. The minimum absolute atomic E-state index is 0.200. The number of nitrogens with zero attached hydrogens (tertiary/aromatic N) is 4. The fourth-order valence-electron chi connectivity index (χ4n) is 3.66. The van der Waals surface area contributed by atoms with Crippen molar-refractivity contribution in [2.45, 2.75) is 25.5 Å². The van der Waals surface area contributed by atoms with Gasteiger partial charge in [0.25, 0.3) is 0 Å². The number of ether oxygens (including phenoxy) is 1. The highest BCUT2D eigenvalue weighted by atomic mass is 35.5. The Labute approximate surface area is 177 Å². The number of fused-ring (bicyclic) bond motifs is 1. The van der Waals surface area contributed by atoms with E-state index in [0.29, 0.717) is 22.8 Å². The third kappa shape index (κ3) is 3.86. The molecule has 5 rings (SSSR count). The molecule has 0 spiro atoms. The number of nitrogens with one attached hydrogen (secondary N) is 1. The van der Waals surface area contributed by atoms with Gasteiger partial charge < -0.3 is 10.1 Å². The minimum atomic E-state index is -0.372. The van der Waals surface area contributed by atoms with Crippen molar-refractivity contribution in [3.63, 3.8) is 0 Å². The van der Waals surface area contributed by atoms with E-state index in [2.05, 4.69) is 15.3 Å². The van der Waals surface area contributed by atoms with E-state index in [-0.39, 0.29) is 11.9 Å². The van der Waals surface area contributed by atoms with Crippen molar-refractivity contribution in [3.8, 4) is 11.3 Å². The van der Waals surface area contributed by atoms with Crippen LogP contribution in [0, 0.1) is 5.82 Å². The van der Waals surface area contributed by atoms with Gasteiger partial charge in [-0.1, -0.05) is 11.6 Å². The number of hydrogen-bond acceptors (Lipinski definition) is 5. The molecule has 1 aromatic carbocycles. The number of halogens is 2. The normalized spacial score (nSPS) is 16.3.